The van der Waals surface area contributed by atoms with Gasteiger partial charge < -0.3 is 19.7 Å². The van der Waals surface area contributed by atoms with Crippen LogP contribution in [0.4, 0.5) is 4.79 Å². The summed E-state index contributed by atoms with van der Waals surface area (Å²) in [4.78, 5) is 14.5. The summed E-state index contributed by atoms with van der Waals surface area (Å²) in [6.45, 7) is 2.96. The molecule has 1 saturated heterocycles. The molecule has 0 bridgehead atoms. The van der Waals surface area contributed by atoms with Crippen molar-refractivity contribution in [2.45, 2.75) is 25.2 Å². The number of methoxy groups -OCH3 is 1. The van der Waals surface area contributed by atoms with Crippen LogP contribution in [0.15, 0.2) is 72.8 Å². The molecule has 7 heteroatoms. The van der Waals surface area contributed by atoms with Crippen molar-refractivity contribution in [1.82, 2.24) is 10.2 Å². The third-order valence-corrected chi connectivity index (χ3v) is 6.35. The van der Waals surface area contributed by atoms with Crippen LogP contribution >= 0.6 is 23.2 Å². The summed E-state index contributed by atoms with van der Waals surface area (Å²) < 4.78 is 11.7. The lowest BCUT2D eigenvalue weighted by Gasteiger charge is -2.41. The number of benzene rings is 3. The molecule has 2 amide bonds. The number of carbonyl (C=O) groups excluding carboxylic acids is 1. The molecule has 0 radical (unpaired) electrons. The maximum absolute atomic E-state index is 12.7. The Morgan fingerprint density at radius 1 is 1.00 bits per heavy atom. The lowest BCUT2D eigenvalue weighted by atomic mass is 10.0. The van der Waals surface area contributed by atoms with Crippen molar-refractivity contribution >= 4 is 29.2 Å². The number of rotatable bonds is 7. The van der Waals surface area contributed by atoms with Crippen molar-refractivity contribution in [3.05, 3.63) is 99.5 Å². The van der Waals surface area contributed by atoms with E-state index < -0.39 is 0 Å². The van der Waals surface area contributed by atoms with Crippen LogP contribution in [-0.4, -0.2) is 37.2 Å². The van der Waals surface area contributed by atoms with Gasteiger partial charge in [-0.05, 0) is 48.4 Å². The van der Waals surface area contributed by atoms with Crippen molar-refractivity contribution in [2.75, 3.05) is 20.2 Å². The predicted octanol–water partition coefficient (Wildman–Crippen LogP) is 6.26. The summed E-state index contributed by atoms with van der Waals surface area (Å²) in [7, 11) is 1.63. The Hall–Kier alpha value is -2.73. The number of likely N-dealkylation sites (tertiary alicyclic amines) is 1. The van der Waals surface area contributed by atoms with Crippen molar-refractivity contribution in [3.8, 4) is 5.75 Å². The third kappa shape index (κ3) is 5.61. The fraction of sp³-hybridized carbons (Fsp3) is 0.269. The van der Waals surface area contributed by atoms with Gasteiger partial charge in [0.05, 0.1) is 32.3 Å². The molecule has 3 aromatic carbocycles. The molecule has 0 saturated carbocycles. The number of carbonyl (C=O) groups is 1. The highest BCUT2D eigenvalue weighted by Gasteiger charge is 2.35. The Morgan fingerprint density at radius 2 is 1.73 bits per heavy atom. The first-order valence-corrected chi connectivity index (χ1v) is 11.5. The maximum atomic E-state index is 12.7. The van der Waals surface area contributed by atoms with E-state index in [-0.39, 0.29) is 24.3 Å². The zero-order valence-corrected chi connectivity index (χ0v) is 20.0. The van der Waals surface area contributed by atoms with Gasteiger partial charge in [-0.2, -0.15) is 0 Å². The van der Waals surface area contributed by atoms with E-state index >= 15 is 0 Å². The Bertz CT molecular complexity index is 1100. The van der Waals surface area contributed by atoms with Crippen LogP contribution in [0, 0.1) is 0 Å². The summed E-state index contributed by atoms with van der Waals surface area (Å²) in [6, 6.07) is 22.6. The molecule has 0 aromatic heterocycles. The van der Waals surface area contributed by atoms with Gasteiger partial charge >= 0.3 is 6.03 Å². The highest BCUT2D eigenvalue weighted by Crippen LogP contribution is 2.34. The second kappa shape index (κ2) is 10.5. The molecule has 1 aliphatic heterocycles. The SMILES string of the molecule is COc1cccc([C@@H](C)NC(=O)N2CC(OC(c3ccc(Cl)cc3)c3ccccc3Cl)C2)c1. The number of ether oxygens (including phenoxy) is 2. The zero-order valence-electron chi connectivity index (χ0n) is 18.5. The van der Waals surface area contributed by atoms with Gasteiger partial charge in [-0.3, -0.25) is 0 Å². The molecule has 3 aromatic rings. The Morgan fingerprint density at radius 3 is 2.42 bits per heavy atom. The summed E-state index contributed by atoms with van der Waals surface area (Å²) >= 11 is 12.5. The van der Waals surface area contributed by atoms with Crippen molar-refractivity contribution in [1.29, 1.82) is 0 Å². The molecule has 172 valence electrons. The highest BCUT2D eigenvalue weighted by molar-refractivity contribution is 6.31. The summed E-state index contributed by atoms with van der Waals surface area (Å²) in [5, 5.41) is 4.34. The summed E-state index contributed by atoms with van der Waals surface area (Å²) in [6.07, 6.45) is -0.443. The van der Waals surface area contributed by atoms with Gasteiger partial charge in [0.2, 0.25) is 0 Å². The van der Waals surface area contributed by atoms with Crippen LogP contribution in [-0.2, 0) is 4.74 Å². The van der Waals surface area contributed by atoms with Crippen LogP contribution < -0.4 is 10.1 Å². The van der Waals surface area contributed by atoms with E-state index in [1.54, 1.807) is 12.0 Å². The minimum atomic E-state index is -0.345. The van der Waals surface area contributed by atoms with Gasteiger partial charge in [-0.25, -0.2) is 4.79 Å². The number of halogens is 2. The average molecular weight is 485 g/mol. The summed E-state index contributed by atoms with van der Waals surface area (Å²) in [5.41, 5.74) is 2.83. The second-order valence-corrected chi connectivity index (χ2v) is 8.91. The largest absolute Gasteiger partial charge is 0.497 e. The first kappa shape index (κ1) is 23.4. The van der Waals surface area contributed by atoms with E-state index in [9.17, 15) is 4.79 Å². The molecule has 5 nitrogen and oxygen atoms in total. The standard InChI is InChI=1S/C26H26Cl2N2O3/c1-17(19-6-5-7-21(14-19)32-2)29-26(31)30-15-22(16-30)33-25(18-10-12-20(27)13-11-18)23-8-3-4-9-24(23)28/h3-14,17,22,25H,15-16H2,1-2H3,(H,29,31)/t17-,25?/m1/s1. The molecule has 1 heterocycles. The average Bonchev–Trinajstić information content (AvgIpc) is 2.80. The molecule has 2 atom stereocenters. The Kier molecular flexibility index (Phi) is 7.43. The minimum absolute atomic E-state index is 0.0974. The maximum Gasteiger partial charge on any atom is 0.318 e. The van der Waals surface area contributed by atoms with E-state index in [2.05, 4.69) is 5.32 Å². The van der Waals surface area contributed by atoms with Crippen molar-refractivity contribution in [2.24, 2.45) is 0 Å². The molecule has 1 N–H and O–H groups in total. The Labute approximate surface area is 204 Å². The molecule has 1 fully saturated rings. The minimum Gasteiger partial charge on any atom is -0.497 e. The van der Waals surface area contributed by atoms with Gasteiger partial charge in [-0.15, -0.1) is 0 Å². The molecular weight excluding hydrogens is 459 g/mol. The first-order valence-electron chi connectivity index (χ1n) is 10.8. The van der Waals surface area contributed by atoms with Crippen molar-refractivity contribution < 1.29 is 14.3 Å². The number of hydrogen-bond donors (Lipinski definition) is 1. The van der Waals surface area contributed by atoms with Gasteiger partial charge in [0.15, 0.2) is 0 Å². The molecule has 33 heavy (non-hydrogen) atoms. The third-order valence-electron chi connectivity index (χ3n) is 5.76. The van der Waals surface area contributed by atoms with E-state index in [1.807, 2.05) is 79.7 Å². The quantitative estimate of drug-likeness (QED) is 0.430. The Balaban J connectivity index is 1.39. The van der Waals surface area contributed by atoms with E-state index in [0.29, 0.717) is 23.1 Å². The van der Waals surface area contributed by atoms with Crippen LogP contribution in [0.3, 0.4) is 0 Å². The van der Waals surface area contributed by atoms with Gasteiger partial charge in [0, 0.05) is 15.6 Å². The molecule has 0 spiro atoms. The van der Waals surface area contributed by atoms with Crippen LogP contribution in [0.1, 0.15) is 35.8 Å². The van der Waals surface area contributed by atoms with Gasteiger partial charge in [-0.1, -0.05) is 65.7 Å². The van der Waals surface area contributed by atoms with Crippen LogP contribution in [0.5, 0.6) is 5.75 Å². The molecule has 1 unspecified atom stereocenters. The van der Waals surface area contributed by atoms with Crippen molar-refractivity contribution in [3.63, 3.8) is 0 Å². The number of hydrogen-bond acceptors (Lipinski definition) is 3. The monoisotopic (exact) mass is 484 g/mol. The molecular formula is C26H26Cl2N2O3. The fourth-order valence-electron chi connectivity index (χ4n) is 3.81. The predicted molar refractivity (Wildman–Crippen MR) is 131 cm³/mol. The highest BCUT2D eigenvalue weighted by atomic mass is 35.5. The second-order valence-electron chi connectivity index (χ2n) is 8.06. The molecule has 1 aliphatic rings. The lowest BCUT2D eigenvalue weighted by Crippen LogP contribution is -2.58. The summed E-state index contributed by atoms with van der Waals surface area (Å²) in [5.74, 6) is 0.763. The topological polar surface area (TPSA) is 50.8 Å². The fourth-order valence-corrected chi connectivity index (χ4v) is 4.17. The van der Waals surface area contributed by atoms with E-state index in [4.69, 9.17) is 32.7 Å². The van der Waals surface area contributed by atoms with Gasteiger partial charge in [0.25, 0.3) is 0 Å². The molecule has 0 aliphatic carbocycles. The van der Waals surface area contributed by atoms with Gasteiger partial charge in [0.1, 0.15) is 11.9 Å². The number of amides is 2. The normalized spacial score (nSPS) is 15.5. The lowest BCUT2D eigenvalue weighted by molar-refractivity contribution is -0.0647. The first-order chi connectivity index (χ1) is 15.9. The van der Waals surface area contributed by atoms with E-state index in [0.717, 1.165) is 22.4 Å². The number of nitrogens with one attached hydrogen (secondary N) is 1. The molecule has 4 rings (SSSR count). The van der Waals surface area contributed by atoms with Crippen LogP contribution in [0.25, 0.3) is 0 Å². The van der Waals surface area contributed by atoms with E-state index in [1.165, 1.54) is 0 Å². The zero-order chi connectivity index (χ0) is 23.4. The smallest absolute Gasteiger partial charge is 0.318 e. The van der Waals surface area contributed by atoms with Crippen LogP contribution in [0.2, 0.25) is 10.0 Å². The number of urea groups is 1. The number of nitrogens with zero attached hydrogens (tertiary/aromatic N) is 1.